The molecule has 21 heavy (non-hydrogen) atoms. The van der Waals surface area contributed by atoms with Crippen LogP contribution in [0.15, 0.2) is 12.1 Å². The van der Waals surface area contributed by atoms with Gasteiger partial charge in [0.15, 0.2) is 0 Å². The lowest BCUT2D eigenvalue weighted by atomic mass is 10.1. The number of aromatic nitrogens is 1. The maximum atomic E-state index is 4.82. The largest absolute Gasteiger partial charge is 0.359 e. The number of hydrogen-bond donors (Lipinski definition) is 1. The summed E-state index contributed by atoms with van der Waals surface area (Å²) in [6.07, 6.45) is 2.18. The predicted molar refractivity (Wildman–Crippen MR) is 92.9 cm³/mol. The van der Waals surface area contributed by atoms with Crippen LogP contribution in [0.3, 0.4) is 0 Å². The van der Waals surface area contributed by atoms with Crippen LogP contribution in [-0.4, -0.2) is 24.1 Å². The first-order valence-corrected chi connectivity index (χ1v) is 8.17. The monoisotopic (exact) mass is 291 g/mol. The highest BCUT2D eigenvalue weighted by Crippen LogP contribution is 2.17. The van der Waals surface area contributed by atoms with E-state index in [4.69, 9.17) is 4.98 Å². The van der Waals surface area contributed by atoms with Crippen molar-refractivity contribution in [2.45, 2.75) is 66.5 Å². The molecule has 0 unspecified atom stereocenters. The molecule has 1 N–H and O–H groups in total. The van der Waals surface area contributed by atoms with E-state index in [9.17, 15) is 0 Å². The van der Waals surface area contributed by atoms with Gasteiger partial charge in [-0.25, -0.2) is 4.98 Å². The van der Waals surface area contributed by atoms with Crippen LogP contribution in [-0.2, 0) is 13.0 Å². The lowest BCUT2D eigenvalue weighted by Crippen LogP contribution is -2.35. The van der Waals surface area contributed by atoms with Crippen LogP contribution in [0.1, 0.15) is 59.2 Å². The maximum Gasteiger partial charge on any atom is 0.128 e. The number of nitrogens with one attached hydrogen (secondary N) is 1. The molecular weight excluding hydrogens is 258 g/mol. The molecule has 0 amide bonds. The van der Waals surface area contributed by atoms with Crippen molar-refractivity contribution in [3.8, 4) is 0 Å². The lowest BCUT2D eigenvalue weighted by Gasteiger charge is -2.24. The van der Waals surface area contributed by atoms with E-state index in [0.717, 1.165) is 31.7 Å². The van der Waals surface area contributed by atoms with Crippen LogP contribution in [0.2, 0.25) is 0 Å². The topological polar surface area (TPSA) is 28.2 Å². The summed E-state index contributed by atoms with van der Waals surface area (Å²) in [4.78, 5) is 7.09. The Kier molecular flexibility index (Phi) is 6.66. The Morgan fingerprint density at radius 3 is 2.43 bits per heavy atom. The number of rotatable bonds is 7. The summed E-state index contributed by atoms with van der Waals surface area (Å²) >= 11 is 0. The fourth-order valence-corrected chi connectivity index (χ4v) is 2.32. The van der Waals surface area contributed by atoms with Gasteiger partial charge < -0.3 is 10.2 Å². The summed E-state index contributed by atoms with van der Waals surface area (Å²) in [6, 6.07) is 4.47. The molecule has 0 saturated carbocycles. The first-order chi connectivity index (χ1) is 9.71. The number of anilines is 1. The Morgan fingerprint density at radius 2 is 1.90 bits per heavy atom. The van der Waals surface area contributed by atoms with Crippen molar-refractivity contribution in [2.75, 3.05) is 18.5 Å². The normalized spacial score (nSPS) is 12.0. The van der Waals surface area contributed by atoms with Crippen molar-refractivity contribution in [1.82, 2.24) is 10.3 Å². The van der Waals surface area contributed by atoms with Gasteiger partial charge in [0.25, 0.3) is 0 Å². The summed E-state index contributed by atoms with van der Waals surface area (Å²) in [5.41, 5.74) is 2.67. The van der Waals surface area contributed by atoms with Crippen molar-refractivity contribution in [1.29, 1.82) is 0 Å². The van der Waals surface area contributed by atoms with E-state index >= 15 is 0 Å². The Labute approximate surface area is 131 Å². The summed E-state index contributed by atoms with van der Waals surface area (Å²) in [5.74, 6) is 1.74. The average molecular weight is 291 g/mol. The first-order valence-electron chi connectivity index (χ1n) is 8.17. The van der Waals surface area contributed by atoms with Gasteiger partial charge in [0.1, 0.15) is 5.82 Å². The van der Waals surface area contributed by atoms with Gasteiger partial charge in [-0.15, -0.1) is 0 Å². The second-order valence-corrected chi connectivity index (χ2v) is 7.45. The molecule has 3 heteroatoms. The van der Waals surface area contributed by atoms with Gasteiger partial charge in [0.2, 0.25) is 0 Å². The second-order valence-electron chi connectivity index (χ2n) is 7.45. The van der Waals surface area contributed by atoms with Crippen molar-refractivity contribution < 1.29 is 0 Å². The van der Waals surface area contributed by atoms with Crippen molar-refractivity contribution in [3.05, 3.63) is 23.4 Å². The summed E-state index contributed by atoms with van der Waals surface area (Å²) in [6.45, 7) is 15.2. The van der Waals surface area contributed by atoms with E-state index < -0.39 is 0 Å². The number of aryl methyl sites for hydroxylation is 1. The van der Waals surface area contributed by atoms with Crippen LogP contribution < -0.4 is 10.2 Å². The van der Waals surface area contributed by atoms with E-state index in [2.05, 4.69) is 70.9 Å². The SMILES string of the molecule is CCCc1cc(CNC(C)(C)C)cc(N(C)CC(C)C)n1. The number of pyridine rings is 1. The molecule has 0 bridgehead atoms. The molecule has 0 fully saturated rings. The molecule has 3 nitrogen and oxygen atoms in total. The molecule has 0 radical (unpaired) electrons. The molecular formula is C18H33N3. The molecule has 120 valence electrons. The zero-order valence-corrected chi connectivity index (χ0v) is 15.0. The van der Waals surface area contributed by atoms with Crippen LogP contribution in [0.5, 0.6) is 0 Å². The maximum absolute atomic E-state index is 4.82. The minimum atomic E-state index is 0.137. The molecule has 1 rings (SSSR count). The third-order valence-corrected chi connectivity index (χ3v) is 3.28. The van der Waals surface area contributed by atoms with Gasteiger partial charge in [0.05, 0.1) is 0 Å². The molecule has 1 aromatic rings. The minimum absolute atomic E-state index is 0.137. The van der Waals surface area contributed by atoms with Crippen molar-refractivity contribution in [3.63, 3.8) is 0 Å². The zero-order valence-electron chi connectivity index (χ0n) is 15.0. The van der Waals surface area contributed by atoms with Crippen LogP contribution in [0.4, 0.5) is 5.82 Å². The van der Waals surface area contributed by atoms with Crippen LogP contribution in [0, 0.1) is 5.92 Å². The van der Waals surface area contributed by atoms with Gasteiger partial charge in [-0.1, -0.05) is 27.2 Å². The van der Waals surface area contributed by atoms with Gasteiger partial charge in [-0.3, -0.25) is 0 Å². The number of hydrogen-bond acceptors (Lipinski definition) is 3. The summed E-state index contributed by atoms with van der Waals surface area (Å²) in [7, 11) is 2.14. The van der Waals surface area contributed by atoms with Gasteiger partial charge >= 0.3 is 0 Å². The summed E-state index contributed by atoms with van der Waals surface area (Å²) in [5, 5.41) is 3.57. The third-order valence-electron chi connectivity index (χ3n) is 3.28. The Morgan fingerprint density at radius 1 is 1.24 bits per heavy atom. The second kappa shape index (κ2) is 7.79. The fourth-order valence-electron chi connectivity index (χ4n) is 2.32. The van der Waals surface area contributed by atoms with Crippen molar-refractivity contribution >= 4 is 5.82 Å². The van der Waals surface area contributed by atoms with E-state index in [0.29, 0.717) is 5.92 Å². The lowest BCUT2D eigenvalue weighted by molar-refractivity contribution is 0.424. The zero-order chi connectivity index (χ0) is 16.0. The van der Waals surface area contributed by atoms with Gasteiger partial charge in [0, 0.05) is 31.4 Å². The Hall–Kier alpha value is -1.09. The highest BCUT2D eigenvalue weighted by Gasteiger charge is 2.12. The molecule has 0 aromatic carbocycles. The van der Waals surface area contributed by atoms with Gasteiger partial charge in [-0.2, -0.15) is 0 Å². The number of nitrogens with zero attached hydrogens (tertiary/aromatic N) is 2. The fraction of sp³-hybridized carbons (Fsp3) is 0.722. The van der Waals surface area contributed by atoms with Crippen LogP contribution in [0.25, 0.3) is 0 Å². The van der Waals surface area contributed by atoms with Gasteiger partial charge in [-0.05, 0) is 50.8 Å². The first kappa shape index (κ1) is 18.0. The summed E-state index contributed by atoms with van der Waals surface area (Å²) < 4.78 is 0. The molecule has 0 aliphatic heterocycles. The smallest absolute Gasteiger partial charge is 0.128 e. The van der Waals surface area contributed by atoms with Crippen LogP contribution >= 0.6 is 0 Å². The molecule has 0 aliphatic rings. The minimum Gasteiger partial charge on any atom is -0.359 e. The van der Waals surface area contributed by atoms with E-state index in [1.54, 1.807) is 0 Å². The molecule has 1 aromatic heterocycles. The Bertz CT molecular complexity index is 433. The predicted octanol–water partition coefficient (Wildman–Crippen LogP) is 4.01. The Balaban J connectivity index is 2.94. The van der Waals surface area contributed by atoms with E-state index in [1.165, 1.54) is 11.3 Å². The van der Waals surface area contributed by atoms with Crippen molar-refractivity contribution in [2.24, 2.45) is 5.92 Å². The highest BCUT2D eigenvalue weighted by atomic mass is 15.2. The molecule has 0 aliphatic carbocycles. The standard InChI is InChI=1S/C18H33N3/c1-8-9-16-10-15(12-19-18(4,5)6)11-17(20-16)21(7)13-14(2)3/h10-11,14,19H,8-9,12-13H2,1-7H3. The molecule has 0 atom stereocenters. The molecule has 1 heterocycles. The third kappa shape index (κ3) is 6.94. The average Bonchev–Trinajstić information content (AvgIpc) is 2.35. The molecule has 0 saturated heterocycles. The highest BCUT2D eigenvalue weighted by molar-refractivity contribution is 5.42. The quantitative estimate of drug-likeness (QED) is 0.822. The van der Waals surface area contributed by atoms with E-state index in [-0.39, 0.29) is 5.54 Å². The molecule has 0 spiro atoms. The van der Waals surface area contributed by atoms with E-state index in [1.807, 2.05) is 0 Å².